The maximum Gasteiger partial charge on any atom is 0.409 e. The molecule has 0 unspecified atom stereocenters. The predicted octanol–water partition coefficient (Wildman–Crippen LogP) is 3.98. The molecule has 4 rings (SSSR count). The van der Waals surface area contributed by atoms with Crippen molar-refractivity contribution >= 4 is 35.4 Å². The van der Waals surface area contributed by atoms with Gasteiger partial charge in [-0.05, 0) is 31.2 Å². The Kier molecular flexibility index (Phi) is 7.51. The van der Waals surface area contributed by atoms with Crippen molar-refractivity contribution in [3.63, 3.8) is 0 Å². The number of para-hydroxylation sites is 1. The van der Waals surface area contributed by atoms with Crippen LogP contribution in [0.2, 0.25) is 5.02 Å². The molecule has 0 atom stereocenters. The van der Waals surface area contributed by atoms with Crippen LogP contribution in [-0.2, 0) is 9.53 Å². The van der Waals surface area contributed by atoms with Crippen molar-refractivity contribution in [2.45, 2.75) is 12.1 Å². The molecule has 1 fully saturated rings. The van der Waals surface area contributed by atoms with Crippen molar-refractivity contribution in [2.24, 2.45) is 0 Å². The van der Waals surface area contributed by atoms with Gasteiger partial charge in [-0.25, -0.2) is 4.79 Å². The Morgan fingerprint density at radius 2 is 1.64 bits per heavy atom. The maximum absolute atomic E-state index is 12.8. The lowest BCUT2D eigenvalue weighted by Crippen LogP contribution is -2.51. The zero-order valence-electron chi connectivity index (χ0n) is 18.2. The number of piperazine rings is 1. The van der Waals surface area contributed by atoms with Crippen LogP contribution in [0.4, 0.5) is 4.79 Å². The number of benzene rings is 2. The molecule has 0 N–H and O–H groups in total. The van der Waals surface area contributed by atoms with Gasteiger partial charge in [0, 0.05) is 37.4 Å². The summed E-state index contributed by atoms with van der Waals surface area (Å²) < 4.78 is 6.95. The van der Waals surface area contributed by atoms with Gasteiger partial charge in [0.05, 0.1) is 17.4 Å². The van der Waals surface area contributed by atoms with E-state index in [1.807, 2.05) is 59.2 Å². The minimum absolute atomic E-state index is 0.00888. The summed E-state index contributed by atoms with van der Waals surface area (Å²) in [6, 6.07) is 17.2. The third-order valence-corrected chi connectivity index (χ3v) is 6.49. The minimum atomic E-state index is -0.331. The van der Waals surface area contributed by atoms with Crippen LogP contribution in [0, 0.1) is 0 Å². The summed E-state index contributed by atoms with van der Waals surface area (Å²) in [6.07, 6.45) is -0.331. The molecule has 33 heavy (non-hydrogen) atoms. The molecular weight excluding hydrogens is 462 g/mol. The largest absolute Gasteiger partial charge is 0.450 e. The zero-order chi connectivity index (χ0) is 23.2. The minimum Gasteiger partial charge on any atom is -0.450 e. The molecule has 1 aliphatic rings. The van der Waals surface area contributed by atoms with E-state index < -0.39 is 0 Å². The monoisotopic (exact) mass is 485 g/mol. The molecular formula is C23H24ClN5O3S. The molecule has 2 aromatic carbocycles. The van der Waals surface area contributed by atoms with Crippen LogP contribution in [0.1, 0.15) is 6.92 Å². The highest BCUT2D eigenvalue weighted by atomic mass is 35.5. The highest BCUT2D eigenvalue weighted by Gasteiger charge is 2.26. The third-order valence-electron chi connectivity index (χ3n) is 5.25. The van der Waals surface area contributed by atoms with E-state index in [0.717, 1.165) is 11.3 Å². The van der Waals surface area contributed by atoms with E-state index in [1.165, 1.54) is 11.8 Å². The Labute approximate surface area is 201 Å². The van der Waals surface area contributed by atoms with E-state index in [4.69, 9.17) is 16.3 Å². The van der Waals surface area contributed by atoms with E-state index in [-0.39, 0.29) is 17.8 Å². The van der Waals surface area contributed by atoms with Crippen molar-refractivity contribution in [3.05, 3.63) is 59.6 Å². The number of rotatable bonds is 6. The first-order valence-electron chi connectivity index (χ1n) is 10.7. The molecule has 8 nitrogen and oxygen atoms in total. The van der Waals surface area contributed by atoms with E-state index in [9.17, 15) is 9.59 Å². The Hall–Kier alpha value is -3.04. The highest BCUT2D eigenvalue weighted by Crippen LogP contribution is 2.32. The normalized spacial score (nSPS) is 13.8. The number of nitrogens with zero attached hydrogens (tertiary/aromatic N) is 5. The average Bonchev–Trinajstić information content (AvgIpc) is 3.27. The number of ether oxygens (including phenoxy) is 1. The molecule has 0 bridgehead atoms. The van der Waals surface area contributed by atoms with Crippen LogP contribution in [0.25, 0.3) is 17.1 Å². The van der Waals surface area contributed by atoms with Crippen molar-refractivity contribution in [1.82, 2.24) is 24.6 Å². The van der Waals surface area contributed by atoms with Crippen molar-refractivity contribution in [3.8, 4) is 17.1 Å². The average molecular weight is 486 g/mol. The smallest absolute Gasteiger partial charge is 0.409 e. The van der Waals surface area contributed by atoms with Gasteiger partial charge in [-0.2, -0.15) is 0 Å². The van der Waals surface area contributed by atoms with Gasteiger partial charge >= 0.3 is 6.09 Å². The summed E-state index contributed by atoms with van der Waals surface area (Å²) in [5.74, 6) is 0.822. The van der Waals surface area contributed by atoms with Crippen LogP contribution in [0.5, 0.6) is 0 Å². The number of carbonyl (C=O) groups is 2. The molecule has 10 heteroatoms. The number of hydrogen-bond donors (Lipinski definition) is 0. The summed E-state index contributed by atoms with van der Waals surface area (Å²) >= 11 is 7.75. The fourth-order valence-corrected chi connectivity index (χ4v) is 4.64. The lowest BCUT2D eigenvalue weighted by Gasteiger charge is -2.34. The molecule has 2 amide bonds. The molecule has 0 radical (unpaired) electrons. The topological polar surface area (TPSA) is 80.6 Å². The lowest BCUT2D eigenvalue weighted by molar-refractivity contribution is -0.129. The summed E-state index contributed by atoms with van der Waals surface area (Å²) in [6.45, 7) is 4.01. The molecule has 1 saturated heterocycles. The van der Waals surface area contributed by atoms with E-state index in [1.54, 1.807) is 16.7 Å². The van der Waals surface area contributed by atoms with Crippen LogP contribution >= 0.6 is 23.4 Å². The number of thioether (sulfide) groups is 1. The number of amides is 2. The molecule has 0 spiro atoms. The Morgan fingerprint density at radius 3 is 2.33 bits per heavy atom. The summed E-state index contributed by atoms with van der Waals surface area (Å²) in [7, 11) is 0. The predicted molar refractivity (Wildman–Crippen MR) is 128 cm³/mol. The van der Waals surface area contributed by atoms with Crippen LogP contribution in [-0.4, -0.2) is 75.1 Å². The van der Waals surface area contributed by atoms with Crippen molar-refractivity contribution < 1.29 is 14.3 Å². The lowest BCUT2D eigenvalue weighted by atomic mass is 10.2. The maximum atomic E-state index is 12.8. The molecule has 3 aromatic rings. The first-order valence-corrected chi connectivity index (χ1v) is 12.0. The van der Waals surface area contributed by atoms with Gasteiger partial charge < -0.3 is 14.5 Å². The van der Waals surface area contributed by atoms with Crippen LogP contribution in [0.15, 0.2) is 59.8 Å². The SMILES string of the molecule is CCOC(=O)N1CCN(C(=O)CSc2nnc(-c3ccccc3Cl)n2-c2ccccc2)CC1. The van der Waals surface area contributed by atoms with E-state index in [0.29, 0.717) is 48.8 Å². The highest BCUT2D eigenvalue weighted by molar-refractivity contribution is 7.99. The first kappa shape index (κ1) is 23.1. The fraction of sp³-hybridized carbons (Fsp3) is 0.304. The van der Waals surface area contributed by atoms with Crippen LogP contribution < -0.4 is 0 Å². The fourth-order valence-electron chi connectivity index (χ4n) is 3.56. The number of halogens is 1. The summed E-state index contributed by atoms with van der Waals surface area (Å²) in [4.78, 5) is 28.1. The van der Waals surface area contributed by atoms with Gasteiger partial charge in [0.1, 0.15) is 0 Å². The second-order valence-electron chi connectivity index (χ2n) is 7.31. The van der Waals surface area contributed by atoms with Gasteiger partial charge in [0.2, 0.25) is 5.91 Å². The Morgan fingerprint density at radius 1 is 0.970 bits per heavy atom. The van der Waals surface area contributed by atoms with Gasteiger partial charge in [-0.3, -0.25) is 9.36 Å². The first-order chi connectivity index (χ1) is 16.1. The Bertz CT molecular complexity index is 1120. The number of hydrogen-bond acceptors (Lipinski definition) is 6. The Balaban J connectivity index is 1.48. The third kappa shape index (κ3) is 5.31. The zero-order valence-corrected chi connectivity index (χ0v) is 19.8. The molecule has 1 aromatic heterocycles. The second-order valence-corrected chi connectivity index (χ2v) is 8.66. The van der Waals surface area contributed by atoms with Crippen molar-refractivity contribution in [2.75, 3.05) is 38.5 Å². The quantitative estimate of drug-likeness (QED) is 0.491. The molecule has 1 aliphatic heterocycles. The van der Waals surface area contributed by atoms with E-state index >= 15 is 0 Å². The second kappa shape index (κ2) is 10.7. The van der Waals surface area contributed by atoms with Gasteiger partial charge in [-0.1, -0.05) is 53.7 Å². The standard InChI is InChI=1S/C23H24ClN5O3S/c1-2-32-23(31)28-14-12-27(13-15-28)20(30)16-33-22-26-25-21(18-10-6-7-11-19(18)24)29(22)17-8-4-3-5-9-17/h3-11H,2,12-16H2,1H3. The van der Waals surface area contributed by atoms with E-state index in [2.05, 4.69) is 10.2 Å². The van der Waals surface area contributed by atoms with Gasteiger partial charge in [0.25, 0.3) is 0 Å². The molecule has 2 heterocycles. The summed E-state index contributed by atoms with van der Waals surface area (Å²) in [5, 5.41) is 9.93. The van der Waals surface area contributed by atoms with Gasteiger partial charge in [0.15, 0.2) is 11.0 Å². The molecule has 172 valence electrons. The molecule has 0 saturated carbocycles. The van der Waals surface area contributed by atoms with Crippen LogP contribution in [0.3, 0.4) is 0 Å². The summed E-state index contributed by atoms with van der Waals surface area (Å²) in [5.41, 5.74) is 1.65. The number of aromatic nitrogens is 3. The molecule has 0 aliphatic carbocycles. The van der Waals surface area contributed by atoms with Gasteiger partial charge in [-0.15, -0.1) is 10.2 Å². The number of carbonyl (C=O) groups excluding carboxylic acids is 2. The van der Waals surface area contributed by atoms with Crippen molar-refractivity contribution in [1.29, 1.82) is 0 Å².